The summed E-state index contributed by atoms with van der Waals surface area (Å²) in [4.78, 5) is 17.7. The molecule has 0 saturated carbocycles. The van der Waals surface area contributed by atoms with Crippen LogP contribution in [0.5, 0.6) is 0 Å². The minimum atomic E-state index is 0.0989. The highest BCUT2D eigenvalue weighted by atomic mass is 16.1. The normalized spacial score (nSPS) is 14.2. The molecule has 140 valence electrons. The molecule has 1 aliphatic heterocycles. The van der Waals surface area contributed by atoms with Crippen LogP contribution in [0.15, 0.2) is 47.3 Å². The SMILES string of the molecule is CC(C)c1ccc(CNc2ccc3nc4n(c(=O)c3c2)CCCCC4)cc1. The number of nitrogens with one attached hydrogen (secondary N) is 1. The lowest BCUT2D eigenvalue weighted by Gasteiger charge is -2.12. The van der Waals surface area contributed by atoms with Crippen molar-refractivity contribution < 1.29 is 0 Å². The van der Waals surface area contributed by atoms with E-state index >= 15 is 0 Å². The van der Waals surface area contributed by atoms with Crippen LogP contribution in [-0.4, -0.2) is 9.55 Å². The van der Waals surface area contributed by atoms with Gasteiger partial charge in [-0.15, -0.1) is 0 Å². The first kappa shape index (κ1) is 17.8. The van der Waals surface area contributed by atoms with E-state index in [1.165, 1.54) is 17.5 Å². The van der Waals surface area contributed by atoms with Crippen LogP contribution < -0.4 is 10.9 Å². The van der Waals surface area contributed by atoms with Crippen molar-refractivity contribution in [1.82, 2.24) is 9.55 Å². The van der Waals surface area contributed by atoms with Gasteiger partial charge in [-0.3, -0.25) is 9.36 Å². The fourth-order valence-corrected chi connectivity index (χ4v) is 3.75. The highest BCUT2D eigenvalue weighted by Gasteiger charge is 2.13. The summed E-state index contributed by atoms with van der Waals surface area (Å²) in [6, 6.07) is 14.6. The Kier molecular flexibility index (Phi) is 4.97. The zero-order valence-corrected chi connectivity index (χ0v) is 16.2. The number of anilines is 1. The predicted molar refractivity (Wildman–Crippen MR) is 111 cm³/mol. The van der Waals surface area contributed by atoms with Crippen LogP contribution in [0.2, 0.25) is 0 Å². The summed E-state index contributed by atoms with van der Waals surface area (Å²) < 4.78 is 1.88. The molecule has 3 aromatic rings. The van der Waals surface area contributed by atoms with Gasteiger partial charge in [0.25, 0.3) is 5.56 Å². The van der Waals surface area contributed by atoms with E-state index in [0.717, 1.165) is 49.4 Å². The van der Waals surface area contributed by atoms with Crippen LogP contribution in [0, 0.1) is 0 Å². The molecule has 0 aliphatic carbocycles. The zero-order valence-electron chi connectivity index (χ0n) is 16.2. The number of rotatable bonds is 4. The molecular formula is C23H27N3O. The van der Waals surface area contributed by atoms with E-state index in [1.54, 1.807) is 0 Å². The molecule has 4 nitrogen and oxygen atoms in total. The van der Waals surface area contributed by atoms with Crippen LogP contribution in [0.1, 0.15) is 56.0 Å². The second kappa shape index (κ2) is 7.55. The minimum absolute atomic E-state index is 0.0989. The average Bonchev–Trinajstić information content (AvgIpc) is 2.93. The van der Waals surface area contributed by atoms with Gasteiger partial charge in [-0.05, 0) is 48.1 Å². The molecule has 4 rings (SSSR count). The topological polar surface area (TPSA) is 46.9 Å². The molecule has 0 fully saturated rings. The van der Waals surface area contributed by atoms with Gasteiger partial charge in [0, 0.05) is 25.2 Å². The standard InChI is InChI=1S/C23H27N3O/c1-16(2)18-9-7-17(8-10-18)15-24-19-11-12-21-20(14-19)23(27)26-13-5-3-4-6-22(26)25-21/h7-12,14,16,24H,3-6,13,15H2,1-2H3. The fourth-order valence-electron chi connectivity index (χ4n) is 3.75. The number of aryl methyl sites for hydroxylation is 1. The van der Waals surface area contributed by atoms with E-state index in [9.17, 15) is 4.79 Å². The Morgan fingerprint density at radius 3 is 2.67 bits per heavy atom. The predicted octanol–water partition coefficient (Wildman–Crippen LogP) is 4.86. The van der Waals surface area contributed by atoms with E-state index in [0.29, 0.717) is 11.3 Å². The van der Waals surface area contributed by atoms with Crippen molar-refractivity contribution in [2.24, 2.45) is 0 Å². The lowest BCUT2D eigenvalue weighted by molar-refractivity contribution is 0.614. The van der Waals surface area contributed by atoms with Gasteiger partial charge in [-0.2, -0.15) is 0 Å². The van der Waals surface area contributed by atoms with Crippen molar-refractivity contribution in [3.8, 4) is 0 Å². The summed E-state index contributed by atoms with van der Waals surface area (Å²) in [7, 11) is 0. The number of nitrogens with zero attached hydrogens (tertiary/aromatic N) is 2. The third-order valence-corrected chi connectivity index (χ3v) is 5.46. The molecule has 0 radical (unpaired) electrons. The van der Waals surface area contributed by atoms with Crippen LogP contribution >= 0.6 is 0 Å². The number of fused-ring (bicyclic) bond motifs is 2. The highest BCUT2D eigenvalue weighted by Crippen LogP contribution is 2.20. The lowest BCUT2D eigenvalue weighted by Crippen LogP contribution is -2.24. The second-order valence-corrected chi connectivity index (χ2v) is 7.78. The van der Waals surface area contributed by atoms with Gasteiger partial charge >= 0.3 is 0 Å². The van der Waals surface area contributed by atoms with E-state index in [4.69, 9.17) is 4.98 Å². The van der Waals surface area contributed by atoms with Crippen molar-refractivity contribution in [1.29, 1.82) is 0 Å². The molecule has 1 aliphatic rings. The quantitative estimate of drug-likeness (QED) is 0.722. The Morgan fingerprint density at radius 2 is 1.89 bits per heavy atom. The fraction of sp³-hybridized carbons (Fsp3) is 0.391. The minimum Gasteiger partial charge on any atom is -0.381 e. The van der Waals surface area contributed by atoms with Crippen LogP contribution in [-0.2, 0) is 19.5 Å². The van der Waals surface area contributed by atoms with E-state index in [2.05, 4.69) is 43.4 Å². The number of benzene rings is 2. The molecule has 1 aromatic heterocycles. The highest BCUT2D eigenvalue weighted by molar-refractivity contribution is 5.81. The van der Waals surface area contributed by atoms with Crippen LogP contribution in [0.3, 0.4) is 0 Å². The van der Waals surface area contributed by atoms with Crippen molar-refractivity contribution in [2.75, 3.05) is 5.32 Å². The van der Waals surface area contributed by atoms with Crippen molar-refractivity contribution >= 4 is 16.6 Å². The van der Waals surface area contributed by atoms with Crippen LogP contribution in [0.4, 0.5) is 5.69 Å². The van der Waals surface area contributed by atoms with Crippen LogP contribution in [0.25, 0.3) is 10.9 Å². The molecule has 0 bridgehead atoms. The maximum absolute atomic E-state index is 12.9. The summed E-state index contributed by atoms with van der Waals surface area (Å²) in [5.41, 5.74) is 4.45. The number of hydrogen-bond donors (Lipinski definition) is 1. The Balaban J connectivity index is 1.58. The first-order valence-corrected chi connectivity index (χ1v) is 9.98. The average molecular weight is 361 g/mol. The largest absolute Gasteiger partial charge is 0.381 e. The van der Waals surface area contributed by atoms with Gasteiger partial charge in [-0.25, -0.2) is 4.98 Å². The molecule has 0 unspecified atom stereocenters. The molecule has 1 N–H and O–H groups in total. The van der Waals surface area contributed by atoms with Crippen molar-refractivity contribution in [2.45, 2.75) is 58.5 Å². The molecule has 0 amide bonds. The molecule has 4 heteroatoms. The summed E-state index contributed by atoms with van der Waals surface area (Å²) in [5.74, 6) is 1.49. The van der Waals surface area contributed by atoms with Gasteiger partial charge < -0.3 is 5.32 Å². The second-order valence-electron chi connectivity index (χ2n) is 7.78. The molecule has 0 atom stereocenters. The molecule has 27 heavy (non-hydrogen) atoms. The maximum atomic E-state index is 12.9. The molecule has 0 saturated heterocycles. The number of hydrogen-bond acceptors (Lipinski definition) is 3. The van der Waals surface area contributed by atoms with Gasteiger partial charge in [0.05, 0.1) is 10.9 Å². The Hall–Kier alpha value is -2.62. The Bertz CT molecular complexity index is 1000. The van der Waals surface area contributed by atoms with Gasteiger partial charge in [0.15, 0.2) is 0 Å². The summed E-state index contributed by atoms with van der Waals surface area (Å²) in [6.07, 6.45) is 4.25. The molecule has 0 spiro atoms. The smallest absolute Gasteiger partial charge is 0.261 e. The third-order valence-electron chi connectivity index (χ3n) is 5.46. The Labute approximate surface area is 160 Å². The lowest BCUT2D eigenvalue weighted by atomic mass is 10.0. The molecular weight excluding hydrogens is 334 g/mol. The summed E-state index contributed by atoms with van der Waals surface area (Å²) in [6.45, 7) is 5.94. The summed E-state index contributed by atoms with van der Waals surface area (Å²) in [5, 5.41) is 4.15. The van der Waals surface area contributed by atoms with E-state index in [1.807, 2.05) is 22.8 Å². The molecule has 2 aromatic carbocycles. The Morgan fingerprint density at radius 1 is 1.07 bits per heavy atom. The van der Waals surface area contributed by atoms with Gasteiger partial charge in [0.2, 0.25) is 0 Å². The first-order valence-electron chi connectivity index (χ1n) is 9.98. The summed E-state index contributed by atoms with van der Waals surface area (Å²) >= 11 is 0. The van der Waals surface area contributed by atoms with E-state index < -0.39 is 0 Å². The van der Waals surface area contributed by atoms with Crippen molar-refractivity contribution in [3.05, 3.63) is 69.8 Å². The number of aromatic nitrogens is 2. The monoisotopic (exact) mass is 361 g/mol. The van der Waals surface area contributed by atoms with Gasteiger partial charge in [-0.1, -0.05) is 44.5 Å². The maximum Gasteiger partial charge on any atom is 0.261 e. The van der Waals surface area contributed by atoms with Crippen molar-refractivity contribution in [3.63, 3.8) is 0 Å². The van der Waals surface area contributed by atoms with Gasteiger partial charge in [0.1, 0.15) is 5.82 Å². The first-order chi connectivity index (χ1) is 13.1. The molecule has 2 heterocycles. The third kappa shape index (κ3) is 3.75. The van der Waals surface area contributed by atoms with E-state index in [-0.39, 0.29) is 5.56 Å². The zero-order chi connectivity index (χ0) is 18.8.